The minimum atomic E-state index is -2.26. The summed E-state index contributed by atoms with van der Waals surface area (Å²) in [6.07, 6.45) is 13.5. The third kappa shape index (κ3) is 12.8. The molecule has 0 saturated carbocycles. The molecule has 0 heterocycles. The Hall–Kier alpha value is -2.23. The number of carbonyl (C=O) groups is 2. The van der Waals surface area contributed by atoms with Crippen molar-refractivity contribution in [2.24, 2.45) is 0 Å². The highest BCUT2D eigenvalue weighted by Crippen LogP contribution is 2.18. The smallest absolute Gasteiger partial charge is 0.253 e. The van der Waals surface area contributed by atoms with Crippen molar-refractivity contribution in [1.82, 2.24) is 9.80 Å². The van der Waals surface area contributed by atoms with E-state index in [4.69, 9.17) is 4.12 Å². The van der Waals surface area contributed by atoms with Crippen LogP contribution in [0, 0.1) is 0 Å². The van der Waals surface area contributed by atoms with Crippen molar-refractivity contribution in [3.63, 3.8) is 0 Å². The average molecular weight is 653 g/mol. The second kappa shape index (κ2) is 20.1. The van der Waals surface area contributed by atoms with Gasteiger partial charge in [-0.25, -0.2) is 0 Å². The van der Waals surface area contributed by atoms with E-state index in [0.29, 0.717) is 0 Å². The van der Waals surface area contributed by atoms with Crippen molar-refractivity contribution in [3.8, 4) is 0 Å². The van der Waals surface area contributed by atoms with Crippen LogP contribution in [-0.4, -0.2) is 64.4 Å². The number of nitrogens with zero attached hydrogens (tertiary/aromatic N) is 2. The van der Waals surface area contributed by atoms with Gasteiger partial charge in [0.2, 0.25) is 16.6 Å². The van der Waals surface area contributed by atoms with Crippen LogP contribution in [0.2, 0.25) is 26.2 Å². The van der Waals surface area contributed by atoms with Gasteiger partial charge in [-0.2, -0.15) is 0 Å². The van der Waals surface area contributed by atoms with E-state index in [9.17, 15) is 9.59 Å². The molecule has 0 radical (unpaired) electrons. The summed E-state index contributed by atoms with van der Waals surface area (Å²) >= 11 is 0. The molecule has 0 aliphatic heterocycles. The second-order valence-electron chi connectivity index (χ2n) is 13.7. The number of hydrogen-bond acceptors (Lipinski definition) is 3. The van der Waals surface area contributed by atoms with Crippen LogP contribution in [-0.2, 0) is 4.12 Å². The fourth-order valence-corrected chi connectivity index (χ4v) is 14.0. The van der Waals surface area contributed by atoms with Gasteiger partial charge in [0.1, 0.15) is 0 Å². The van der Waals surface area contributed by atoms with Crippen molar-refractivity contribution in [2.45, 2.75) is 131 Å². The Bertz CT molecular complexity index is 1020. The molecule has 2 aromatic carbocycles. The lowest BCUT2D eigenvalue weighted by atomic mass is 10.1. The SMILES string of the molecule is CCCCCN(CCCCC)C(=O)c1ccc([Si](C)(C)O[Si](C)(C)c2ccc(C(=O)N(CCCCC)CCCCC)cc2)cc1. The number of rotatable bonds is 22. The lowest BCUT2D eigenvalue weighted by Crippen LogP contribution is -2.57. The van der Waals surface area contributed by atoms with Gasteiger partial charge in [-0.05, 0) is 86.5 Å². The molecule has 5 nitrogen and oxygen atoms in total. The molecule has 0 unspecified atom stereocenters. The lowest BCUT2D eigenvalue weighted by molar-refractivity contribution is 0.0742. The first-order chi connectivity index (χ1) is 21.5. The van der Waals surface area contributed by atoms with E-state index >= 15 is 0 Å². The van der Waals surface area contributed by atoms with E-state index in [1.807, 2.05) is 24.3 Å². The predicted octanol–water partition coefficient (Wildman–Crippen LogP) is 8.87. The number of carbonyl (C=O) groups excluding carboxylic acids is 2. The normalized spacial score (nSPS) is 11.9. The second-order valence-corrected chi connectivity index (χ2v) is 21.7. The summed E-state index contributed by atoms with van der Waals surface area (Å²) < 4.78 is 7.04. The largest absolute Gasteiger partial charge is 0.449 e. The van der Waals surface area contributed by atoms with Crippen molar-refractivity contribution < 1.29 is 13.7 Å². The van der Waals surface area contributed by atoms with Crippen molar-refractivity contribution in [2.75, 3.05) is 26.2 Å². The van der Waals surface area contributed by atoms with Gasteiger partial charge < -0.3 is 13.9 Å². The van der Waals surface area contributed by atoms with Gasteiger partial charge in [0.25, 0.3) is 11.8 Å². The van der Waals surface area contributed by atoms with Gasteiger partial charge in [-0.3, -0.25) is 9.59 Å². The molecule has 0 aliphatic rings. The number of amides is 2. The molecule has 0 bridgehead atoms. The highest BCUT2D eigenvalue weighted by atomic mass is 28.4. The zero-order valence-corrected chi connectivity index (χ0v) is 32.1. The van der Waals surface area contributed by atoms with Gasteiger partial charge >= 0.3 is 0 Å². The monoisotopic (exact) mass is 652 g/mol. The minimum Gasteiger partial charge on any atom is -0.449 e. The molecule has 252 valence electrons. The molecule has 2 aromatic rings. The number of hydrogen-bond donors (Lipinski definition) is 0. The van der Waals surface area contributed by atoms with Crippen molar-refractivity contribution in [1.29, 1.82) is 0 Å². The number of benzene rings is 2. The highest BCUT2D eigenvalue weighted by molar-refractivity contribution is 6.96. The Morgan fingerprint density at radius 2 is 0.756 bits per heavy atom. The third-order valence-corrected chi connectivity index (χ3v) is 16.4. The van der Waals surface area contributed by atoms with E-state index in [-0.39, 0.29) is 11.8 Å². The fourth-order valence-electron chi connectivity index (χ4n) is 5.99. The van der Waals surface area contributed by atoms with Gasteiger partial charge in [0, 0.05) is 37.3 Å². The molecule has 2 amide bonds. The first kappa shape index (κ1) is 39.0. The highest BCUT2D eigenvalue weighted by Gasteiger charge is 2.36. The molecule has 0 atom stereocenters. The van der Waals surface area contributed by atoms with Crippen LogP contribution < -0.4 is 10.4 Å². The first-order valence-corrected chi connectivity index (χ1v) is 23.8. The van der Waals surface area contributed by atoms with Gasteiger partial charge in [-0.1, -0.05) is 103 Å². The molecule has 0 aliphatic carbocycles. The van der Waals surface area contributed by atoms with Crippen molar-refractivity contribution >= 4 is 38.8 Å². The Morgan fingerprint density at radius 3 is 1.00 bits per heavy atom. The standard InChI is InChI=1S/C38H64N2O3Si2/c1-9-13-17-29-39(30-18-14-10-2)37(41)33-21-25-35(26-22-33)44(5,6)43-45(7,8)36-27-23-34(24-28-36)38(42)40(31-19-15-11-3)32-20-16-12-4/h21-28H,9-20,29-32H2,1-8H3. The van der Waals surface area contributed by atoms with E-state index in [1.165, 1.54) is 10.4 Å². The molecule has 0 N–H and O–H groups in total. The lowest BCUT2D eigenvalue weighted by Gasteiger charge is -2.35. The first-order valence-electron chi connectivity index (χ1n) is 18.0. The summed E-state index contributed by atoms with van der Waals surface area (Å²) in [7, 11) is -4.53. The Kier molecular flexibility index (Phi) is 17.4. The summed E-state index contributed by atoms with van der Waals surface area (Å²) in [6.45, 7) is 21.2. The molecular formula is C38H64N2O3Si2. The van der Waals surface area contributed by atoms with Crippen LogP contribution in [0.15, 0.2) is 48.5 Å². The summed E-state index contributed by atoms with van der Waals surface area (Å²) in [5.41, 5.74) is 1.54. The molecule has 0 saturated heterocycles. The van der Waals surface area contributed by atoms with Crippen LogP contribution in [0.1, 0.15) is 125 Å². The van der Waals surface area contributed by atoms with E-state index < -0.39 is 16.6 Å². The Labute approximate surface area is 278 Å². The van der Waals surface area contributed by atoms with Gasteiger partial charge in [-0.15, -0.1) is 0 Å². The van der Waals surface area contributed by atoms with Gasteiger partial charge in [0.05, 0.1) is 0 Å². The summed E-state index contributed by atoms with van der Waals surface area (Å²) in [6, 6.07) is 16.5. The quantitative estimate of drug-likeness (QED) is 0.0943. The van der Waals surface area contributed by atoms with E-state index in [1.54, 1.807) is 0 Å². The third-order valence-electron chi connectivity index (χ3n) is 8.87. The molecule has 0 aromatic heterocycles. The predicted molar refractivity (Wildman–Crippen MR) is 198 cm³/mol. The minimum absolute atomic E-state index is 0.146. The average Bonchev–Trinajstić information content (AvgIpc) is 3.02. The molecule has 2 rings (SSSR count). The zero-order chi connectivity index (χ0) is 33.3. The van der Waals surface area contributed by atoms with Gasteiger partial charge in [0.15, 0.2) is 0 Å². The van der Waals surface area contributed by atoms with Crippen LogP contribution >= 0.6 is 0 Å². The Morgan fingerprint density at radius 1 is 0.489 bits per heavy atom. The molecule has 7 heteroatoms. The molecular weight excluding hydrogens is 589 g/mol. The Balaban J connectivity index is 2.13. The van der Waals surface area contributed by atoms with Crippen LogP contribution in [0.25, 0.3) is 0 Å². The van der Waals surface area contributed by atoms with Crippen molar-refractivity contribution in [3.05, 3.63) is 59.7 Å². The number of unbranched alkanes of at least 4 members (excludes halogenated alkanes) is 8. The molecule has 0 fully saturated rings. The topological polar surface area (TPSA) is 49.9 Å². The van der Waals surface area contributed by atoms with E-state index in [0.717, 1.165) is 114 Å². The summed E-state index contributed by atoms with van der Waals surface area (Å²) in [5.74, 6) is 0.292. The summed E-state index contributed by atoms with van der Waals surface area (Å²) in [5, 5.41) is 2.40. The maximum Gasteiger partial charge on any atom is 0.253 e. The molecule has 45 heavy (non-hydrogen) atoms. The zero-order valence-electron chi connectivity index (χ0n) is 30.1. The van der Waals surface area contributed by atoms with E-state index in [2.05, 4.69) is 87.9 Å². The fraction of sp³-hybridized carbons (Fsp3) is 0.632. The molecule has 0 spiro atoms. The van der Waals surface area contributed by atoms with Crippen LogP contribution in [0.5, 0.6) is 0 Å². The summed E-state index contributed by atoms with van der Waals surface area (Å²) in [4.78, 5) is 31.0. The maximum absolute atomic E-state index is 13.4. The maximum atomic E-state index is 13.4. The van der Waals surface area contributed by atoms with Crippen LogP contribution in [0.4, 0.5) is 0 Å². The van der Waals surface area contributed by atoms with Crippen LogP contribution in [0.3, 0.4) is 0 Å².